The van der Waals surface area contributed by atoms with Gasteiger partial charge in [-0.05, 0) is 0 Å². The molecular formula is C7H12AsNO3. The van der Waals surface area contributed by atoms with Crippen molar-refractivity contribution in [1.82, 2.24) is 3.82 Å². The molecule has 2 aliphatic rings. The average Bonchev–Trinajstić information content (AvgIpc) is 2.11. The van der Waals surface area contributed by atoms with Crippen molar-refractivity contribution in [3.8, 4) is 0 Å². The fourth-order valence-electron chi connectivity index (χ4n) is 1.66. The van der Waals surface area contributed by atoms with Crippen LogP contribution in [0.5, 0.6) is 0 Å². The van der Waals surface area contributed by atoms with E-state index >= 15 is 0 Å². The molecule has 0 aliphatic carbocycles. The van der Waals surface area contributed by atoms with E-state index < -0.39 is 13.4 Å². The van der Waals surface area contributed by atoms with Crippen molar-refractivity contribution in [2.45, 2.75) is 11.4 Å². The molecule has 2 heterocycles. The molecule has 2 aliphatic heterocycles. The Bertz CT molecular complexity index is 262. The van der Waals surface area contributed by atoms with Crippen LogP contribution in [-0.2, 0) is 12.2 Å². The molecule has 0 N–H and O–H groups in total. The van der Waals surface area contributed by atoms with Gasteiger partial charge in [0, 0.05) is 0 Å². The number of carbonyl (C=O) groups is 1. The van der Waals surface area contributed by atoms with Crippen LogP contribution in [-0.4, -0.2) is 36.2 Å². The molecule has 12 heavy (non-hydrogen) atoms. The maximum atomic E-state index is 11.0. The summed E-state index contributed by atoms with van der Waals surface area (Å²) in [6, 6.07) is 0. The Morgan fingerprint density at radius 1 is 1.42 bits per heavy atom. The first-order valence-electron chi connectivity index (χ1n) is 3.77. The summed E-state index contributed by atoms with van der Waals surface area (Å²) in [5.41, 5.74) is 3.84. The molecule has 4 nitrogen and oxygen atoms in total. The second kappa shape index (κ2) is 1.88. The first-order valence-corrected chi connectivity index (χ1v) is 9.89. The standard InChI is InChI=1S/C7H12AsNO3/c1-6-4-9-5-7(10)12-8(9,2,3)11-6/h1,4-5H2,2-3H3. The Labute approximate surface area is 72.7 Å². The normalized spacial score (nSPS) is 34.7. The molecule has 0 amide bonds. The van der Waals surface area contributed by atoms with Crippen LogP contribution in [0.2, 0.25) is 11.4 Å². The van der Waals surface area contributed by atoms with Gasteiger partial charge in [-0.15, -0.1) is 0 Å². The Morgan fingerprint density at radius 3 is 2.67 bits per heavy atom. The molecule has 0 aromatic heterocycles. The number of nitrogens with zero attached hydrogens (tertiary/aromatic N) is 1. The SMILES string of the molecule is C=C1CN2CC(=O)O[As]2(C)(C)O1. The molecule has 0 aromatic carbocycles. The van der Waals surface area contributed by atoms with E-state index in [0.717, 1.165) is 5.76 Å². The van der Waals surface area contributed by atoms with Gasteiger partial charge < -0.3 is 0 Å². The Morgan fingerprint density at radius 2 is 2.08 bits per heavy atom. The van der Waals surface area contributed by atoms with Crippen molar-refractivity contribution in [1.29, 1.82) is 0 Å². The molecule has 68 valence electrons. The average molecular weight is 233 g/mol. The van der Waals surface area contributed by atoms with E-state index in [1.807, 2.05) is 15.2 Å². The van der Waals surface area contributed by atoms with Gasteiger partial charge in [-0.1, -0.05) is 0 Å². The van der Waals surface area contributed by atoms with Crippen molar-refractivity contribution < 1.29 is 12.2 Å². The molecule has 5 heteroatoms. The van der Waals surface area contributed by atoms with Crippen molar-refractivity contribution in [3.63, 3.8) is 0 Å². The van der Waals surface area contributed by atoms with Crippen molar-refractivity contribution in [2.24, 2.45) is 0 Å². The van der Waals surface area contributed by atoms with E-state index in [1.165, 1.54) is 0 Å². The van der Waals surface area contributed by atoms with Gasteiger partial charge in [0.25, 0.3) is 0 Å². The van der Waals surface area contributed by atoms with E-state index in [4.69, 9.17) is 7.45 Å². The van der Waals surface area contributed by atoms with Crippen LogP contribution < -0.4 is 0 Å². The second-order valence-corrected chi connectivity index (χ2v) is 13.3. The van der Waals surface area contributed by atoms with Gasteiger partial charge in [-0.2, -0.15) is 0 Å². The maximum absolute atomic E-state index is 11.0. The summed E-state index contributed by atoms with van der Waals surface area (Å²) in [6.07, 6.45) is 0. The topological polar surface area (TPSA) is 38.8 Å². The van der Waals surface area contributed by atoms with Crippen LogP contribution in [0, 0.1) is 0 Å². The van der Waals surface area contributed by atoms with E-state index in [1.54, 1.807) is 0 Å². The molecule has 0 bridgehead atoms. The monoisotopic (exact) mass is 233 g/mol. The second-order valence-electron chi connectivity index (χ2n) is 3.73. The van der Waals surface area contributed by atoms with Gasteiger partial charge in [0.1, 0.15) is 0 Å². The summed E-state index contributed by atoms with van der Waals surface area (Å²) in [6.45, 7) is 4.74. The van der Waals surface area contributed by atoms with Crippen LogP contribution in [0.1, 0.15) is 0 Å². The Balaban J connectivity index is 2.40. The quantitative estimate of drug-likeness (QED) is 0.572. The minimum atomic E-state index is -3.31. The van der Waals surface area contributed by atoms with Gasteiger partial charge in [0.15, 0.2) is 0 Å². The van der Waals surface area contributed by atoms with E-state index in [2.05, 4.69) is 6.58 Å². The molecule has 0 saturated carbocycles. The summed E-state index contributed by atoms with van der Waals surface area (Å²) in [4.78, 5) is 11.0. The molecule has 0 unspecified atom stereocenters. The number of fused-ring (bicyclic) bond motifs is 1. The van der Waals surface area contributed by atoms with Gasteiger partial charge in [0.2, 0.25) is 0 Å². The molecular weight excluding hydrogens is 221 g/mol. The number of hydrogen-bond acceptors (Lipinski definition) is 4. The molecule has 0 radical (unpaired) electrons. The third-order valence-corrected chi connectivity index (χ3v) is 9.31. The van der Waals surface area contributed by atoms with Crippen molar-refractivity contribution in [3.05, 3.63) is 12.3 Å². The zero-order valence-corrected chi connectivity index (χ0v) is 9.12. The van der Waals surface area contributed by atoms with Gasteiger partial charge in [-0.3, -0.25) is 0 Å². The van der Waals surface area contributed by atoms with Crippen molar-refractivity contribution in [2.75, 3.05) is 13.1 Å². The van der Waals surface area contributed by atoms with Crippen LogP contribution in [0.25, 0.3) is 0 Å². The summed E-state index contributed by atoms with van der Waals surface area (Å²) in [5.74, 6) is 0.553. The summed E-state index contributed by atoms with van der Waals surface area (Å²) >= 11 is -3.31. The predicted molar refractivity (Wildman–Crippen MR) is 45.4 cm³/mol. The summed E-state index contributed by atoms with van der Waals surface area (Å²) < 4.78 is 12.9. The molecule has 0 aromatic rings. The fraction of sp³-hybridized carbons (Fsp3) is 0.571. The first-order chi connectivity index (χ1) is 5.39. The molecule has 2 saturated heterocycles. The zero-order valence-electron chi connectivity index (χ0n) is 7.24. The Kier molecular flexibility index (Phi) is 1.28. The van der Waals surface area contributed by atoms with Gasteiger partial charge in [0.05, 0.1) is 0 Å². The number of hydrogen-bond donors (Lipinski definition) is 0. The molecule has 2 rings (SSSR count). The first kappa shape index (κ1) is 8.14. The number of carbonyl (C=O) groups excluding carboxylic acids is 1. The molecule has 0 spiro atoms. The van der Waals surface area contributed by atoms with E-state index in [0.29, 0.717) is 13.1 Å². The van der Waals surface area contributed by atoms with E-state index in [9.17, 15) is 4.79 Å². The zero-order chi connectivity index (χ0) is 9.01. The van der Waals surface area contributed by atoms with Gasteiger partial charge in [-0.25, -0.2) is 0 Å². The third-order valence-electron chi connectivity index (χ3n) is 2.22. The number of rotatable bonds is 0. The third kappa shape index (κ3) is 0.915. The minimum absolute atomic E-state index is 0.168. The fourth-order valence-corrected chi connectivity index (χ4v) is 7.47. The van der Waals surface area contributed by atoms with Crippen LogP contribution in [0.3, 0.4) is 0 Å². The van der Waals surface area contributed by atoms with E-state index in [-0.39, 0.29) is 5.97 Å². The van der Waals surface area contributed by atoms with Crippen LogP contribution in [0.4, 0.5) is 0 Å². The summed E-state index contributed by atoms with van der Waals surface area (Å²) in [5, 5.41) is 0. The summed E-state index contributed by atoms with van der Waals surface area (Å²) in [7, 11) is 0. The van der Waals surface area contributed by atoms with Crippen LogP contribution >= 0.6 is 0 Å². The van der Waals surface area contributed by atoms with Gasteiger partial charge >= 0.3 is 72.2 Å². The predicted octanol–water partition coefficient (Wildman–Crippen LogP) is 0.542. The molecule has 2 fully saturated rings. The molecule has 0 atom stereocenters. The van der Waals surface area contributed by atoms with Crippen molar-refractivity contribution >= 4 is 19.3 Å². The van der Waals surface area contributed by atoms with Crippen LogP contribution in [0.15, 0.2) is 12.3 Å². The Hall–Kier alpha value is -0.472.